The molecule has 0 amide bonds. The first-order valence-electron chi connectivity index (χ1n) is 7.75. The lowest BCUT2D eigenvalue weighted by atomic mass is 9.52. The molecule has 2 fully saturated rings. The van der Waals surface area contributed by atoms with Gasteiger partial charge in [-0.25, -0.2) is 0 Å². The van der Waals surface area contributed by atoms with Crippen LogP contribution in [0.4, 0.5) is 0 Å². The van der Waals surface area contributed by atoms with E-state index in [0.29, 0.717) is 5.75 Å². The summed E-state index contributed by atoms with van der Waals surface area (Å²) in [6.45, 7) is 0.804. The summed E-state index contributed by atoms with van der Waals surface area (Å²) in [5.41, 5.74) is 1.48. The SMILES string of the molecule is COc1ccc2c(c1O)[C@@]13CCNC(C2)C1CC(=O)C(=O)C3. The van der Waals surface area contributed by atoms with Gasteiger partial charge in [0.2, 0.25) is 0 Å². The zero-order valence-electron chi connectivity index (χ0n) is 12.5. The topological polar surface area (TPSA) is 75.6 Å². The van der Waals surface area contributed by atoms with Crippen molar-refractivity contribution in [1.29, 1.82) is 0 Å². The van der Waals surface area contributed by atoms with Gasteiger partial charge in [-0.15, -0.1) is 0 Å². The number of benzene rings is 1. The van der Waals surface area contributed by atoms with Gasteiger partial charge in [-0.2, -0.15) is 0 Å². The minimum atomic E-state index is -0.423. The molecule has 4 rings (SSSR count). The van der Waals surface area contributed by atoms with E-state index in [0.717, 1.165) is 30.5 Å². The number of phenols is 1. The number of carbonyl (C=O) groups is 2. The first-order valence-corrected chi connectivity index (χ1v) is 7.75. The van der Waals surface area contributed by atoms with Crippen molar-refractivity contribution in [3.05, 3.63) is 23.3 Å². The largest absolute Gasteiger partial charge is 0.504 e. The lowest BCUT2D eigenvalue weighted by molar-refractivity contribution is -0.143. The van der Waals surface area contributed by atoms with Crippen molar-refractivity contribution in [2.45, 2.75) is 37.1 Å². The predicted molar refractivity (Wildman–Crippen MR) is 79.2 cm³/mol. The molecule has 2 aliphatic carbocycles. The molecule has 22 heavy (non-hydrogen) atoms. The Hall–Kier alpha value is -1.88. The van der Waals surface area contributed by atoms with Gasteiger partial charge in [0.25, 0.3) is 0 Å². The van der Waals surface area contributed by atoms with Gasteiger partial charge in [-0.1, -0.05) is 6.07 Å². The van der Waals surface area contributed by atoms with E-state index < -0.39 is 5.41 Å². The Labute approximate surface area is 128 Å². The third kappa shape index (κ3) is 1.63. The number of aromatic hydroxyl groups is 1. The van der Waals surface area contributed by atoms with Gasteiger partial charge < -0.3 is 15.2 Å². The van der Waals surface area contributed by atoms with E-state index in [-0.39, 0.29) is 42.1 Å². The lowest BCUT2D eigenvalue weighted by Gasteiger charge is -2.54. The molecule has 1 aromatic carbocycles. The van der Waals surface area contributed by atoms with Crippen LogP contribution in [0.2, 0.25) is 0 Å². The Balaban J connectivity index is 1.95. The van der Waals surface area contributed by atoms with Gasteiger partial charge >= 0.3 is 0 Å². The summed E-state index contributed by atoms with van der Waals surface area (Å²) >= 11 is 0. The van der Waals surface area contributed by atoms with Gasteiger partial charge in [-0.05, 0) is 36.9 Å². The first kappa shape index (κ1) is 13.8. The summed E-state index contributed by atoms with van der Waals surface area (Å²) in [6, 6.07) is 3.95. The molecule has 1 saturated heterocycles. The van der Waals surface area contributed by atoms with E-state index in [1.165, 1.54) is 7.11 Å². The number of methoxy groups -OCH3 is 1. The van der Waals surface area contributed by atoms with Gasteiger partial charge in [0.05, 0.1) is 7.11 Å². The molecule has 5 heteroatoms. The van der Waals surface area contributed by atoms with Crippen molar-refractivity contribution in [3.63, 3.8) is 0 Å². The number of hydrogen-bond donors (Lipinski definition) is 2. The van der Waals surface area contributed by atoms with E-state index in [4.69, 9.17) is 4.74 Å². The maximum Gasteiger partial charge on any atom is 0.199 e. The quantitative estimate of drug-likeness (QED) is 0.760. The summed E-state index contributed by atoms with van der Waals surface area (Å²) in [5, 5.41) is 14.2. The molecule has 1 aromatic rings. The molecule has 3 aliphatic rings. The monoisotopic (exact) mass is 301 g/mol. The number of fused-ring (bicyclic) bond motifs is 1. The Kier molecular flexibility index (Phi) is 2.85. The molecular weight excluding hydrogens is 282 g/mol. The van der Waals surface area contributed by atoms with Crippen LogP contribution in [0.25, 0.3) is 0 Å². The average molecular weight is 301 g/mol. The number of piperidine rings is 1. The van der Waals surface area contributed by atoms with Crippen molar-refractivity contribution >= 4 is 11.6 Å². The highest BCUT2D eigenvalue weighted by Gasteiger charge is 2.56. The molecule has 0 radical (unpaired) electrons. The predicted octanol–water partition coefficient (Wildman–Crippen LogP) is 1.10. The standard InChI is InChI=1S/C17H19NO4/c1-22-14-3-2-9-6-11-10-7-12(19)13(20)8-17(10,4-5-18-11)15(9)16(14)21/h2-3,10-11,18,21H,4-8H2,1H3/t10?,11?,17-/m1/s1. The zero-order chi connectivity index (χ0) is 15.5. The fraction of sp³-hybridized carbons (Fsp3) is 0.529. The highest BCUT2D eigenvalue weighted by atomic mass is 16.5. The van der Waals surface area contributed by atoms with Crippen LogP contribution in [0, 0.1) is 5.92 Å². The molecule has 1 heterocycles. The number of rotatable bonds is 1. The normalized spacial score (nSPS) is 33.1. The lowest BCUT2D eigenvalue weighted by Crippen LogP contribution is -2.62. The number of nitrogens with one attached hydrogen (secondary N) is 1. The summed E-state index contributed by atoms with van der Waals surface area (Å²) in [4.78, 5) is 24.1. The van der Waals surface area contributed by atoms with Crippen molar-refractivity contribution in [3.8, 4) is 11.5 Å². The molecule has 2 unspecified atom stereocenters. The summed E-state index contributed by atoms with van der Waals surface area (Å²) < 4.78 is 5.26. The van der Waals surface area contributed by atoms with Crippen LogP contribution in [-0.2, 0) is 21.4 Å². The third-order valence-electron chi connectivity index (χ3n) is 5.75. The van der Waals surface area contributed by atoms with Crippen LogP contribution < -0.4 is 10.1 Å². The van der Waals surface area contributed by atoms with Crippen LogP contribution in [0.15, 0.2) is 12.1 Å². The molecule has 1 aliphatic heterocycles. The van der Waals surface area contributed by atoms with Crippen molar-refractivity contribution in [2.24, 2.45) is 5.92 Å². The van der Waals surface area contributed by atoms with Crippen LogP contribution in [0.5, 0.6) is 11.5 Å². The second-order valence-corrected chi connectivity index (χ2v) is 6.66. The molecule has 2 bridgehead atoms. The van der Waals surface area contributed by atoms with Crippen LogP contribution in [0.1, 0.15) is 30.4 Å². The van der Waals surface area contributed by atoms with E-state index in [1.807, 2.05) is 6.07 Å². The maximum atomic E-state index is 12.1. The summed E-state index contributed by atoms with van der Waals surface area (Å²) in [6.07, 6.45) is 2.04. The molecule has 0 aromatic heterocycles. The molecule has 3 atom stereocenters. The van der Waals surface area contributed by atoms with Crippen LogP contribution in [0.3, 0.4) is 0 Å². The molecule has 5 nitrogen and oxygen atoms in total. The number of Topliss-reactive ketones (excluding diaryl/α,β-unsaturated/α-hetero) is 2. The van der Waals surface area contributed by atoms with E-state index in [9.17, 15) is 14.7 Å². The highest BCUT2D eigenvalue weighted by Crippen LogP contribution is 2.56. The summed E-state index contributed by atoms with van der Waals surface area (Å²) in [5.74, 6) is 0.102. The van der Waals surface area contributed by atoms with E-state index in [2.05, 4.69) is 5.32 Å². The minimum absolute atomic E-state index is 0.0805. The van der Waals surface area contributed by atoms with E-state index in [1.54, 1.807) is 6.07 Å². The first-order chi connectivity index (χ1) is 10.6. The van der Waals surface area contributed by atoms with Gasteiger partial charge in [0.15, 0.2) is 23.1 Å². The average Bonchev–Trinajstić information content (AvgIpc) is 2.48. The number of ketones is 2. The number of hydrogen-bond acceptors (Lipinski definition) is 5. The fourth-order valence-electron chi connectivity index (χ4n) is 4.80. The Bertz CT molecular complexity index is 683. The highest BCUT2D eigenvalue weighted by molar-refractivity contribution is 6.38. The molecule has 2 N–H and O–H groups in total. The molecular formula is C17H19NO4. The molecule has 116 valence electrons. The Morgan fingerprint density at radius 1 is 1.27 bits per heavy atom. The smallest absolute Gasteiger partial charge is 0.199 e. The second kappa shape index (κ2) is 4.56. The van der Waals surface area contributed by atoms with E-state index >= 15 is 0 Å². The molecule has 1 saturated carbocycles. The van der Waals surface area contributed by atoms with Crippen molar-refractivity contribution in [1.82, 2.24) is 5.32 Å². The van der Waals surface area contributed by atoms with Gasteiger partial charge in [-0.3, -0.25) is 9.59 Å². The maximum absolute atomic E-state index is 12.1. The van der Waals surface area contributed by atoms with Crippen molar-refractivity contribution in [2.75, 3.05) is 13.7 Å². The number of phenolic OH excluding ortho intramolecular Hbond substituents is 1. The second-order valence-electron chi connectivity index (χ2n) is 6.66. The number of ether oxygens (including phenoxy) is 1. The number of carbonyl (C=O) groups excluding carboxylic acids is 2. The fourth-order valence-corrected chi connectivity index (χ4v) is 4.80. The van der Waals surface area contributed by atoms with Gasteiger partial charge in [0, 0.05) is 29.9 Å². The third-order valence-corrected chi connectivity index (χ3v) is 5.75. The molecule has 0 spiro atoms. The Morgan fingerprint density at radius 2 is 2.09 bits per heavy atom. The van der Waals surface area contributed by atoms with Crippen molar-refractivity contribution < 1.29 is 19.4 Å². The Morgan fingerprint density at radius 3 is 2.86 bits per heavy atom. The zero-order valence-corrected chi connectivity index (χ0v) is 12.5. The van der Waals surface area contributed by atoms with Crippen LogP contribution in [-0.4, -0.2) is 36.4 Å². The van der Waals surface area contributed by atoms with Gasteiger partial charge in [0.1, 0.15) is 0 Å². The van der Waals surface area contributed by atoms with Crippen LogP contribution >= 0.6 is 0 Å². The minimum Gasteiger partial charge on any atom is -0.504 e. The summed E-state index contributed by atoms with van der Waals surface area (Å²) in [7, 11) is 1.53.